The van der Waals surface area contributed by atoms with E-state index in [1.54, 1.807) is 52.1 Å². The van der Waals surface area contributed by atoms with Gasteiger partial charge in [-0.25, -0.2) is 9.59 Å². The van der Waals surface area contributed by atoms with E-state index < -0.39 is 30.0 Å². The van der Waals surface area contributed by atoms with Gasteiger partial charge in [-0.15, -0.1) is 0 Å². The number of Topliss-reactive ketones (excluding diaryl/α,β-unsaturated/α-hetero) is 2. The molecule has 0 saturated carbocycles. The number of nitrogens with zero attached hydrogens (tertiary/aromatic N) is 2. The number of hydrogen-bond acceptors (Lipinski definition) is 8. The van der Waals surface area contributed by atoms with Gasteiger partial charge in [-0.2, -0.15) is 0 Å². The van der Waals surface area contributed by atoms with Gasteiger partial charge in [0.15, 0.2) is 5.78 Å². The molecule has 1 unspecified atom stereocenters. The Bertz CT molecular complexity index is 1200. The Balaban J connectivity index is 2.85. The summed E-state index contributed by atoms with van der Waals surface area (Å²) < 4.78 is 5.44. The van der Waals surface area contributed by atoms with Gasteiger partial charge in [-0.3, -0.25) is 24.1 Å². The Hall–Kier alpha value is -4.00. The standard InChI is InChI=1S/C34H56N6O7/c1-9-27(41)16-17-29(43)38-30(23(2)3)28(42)21-25(11-10-18-36-32(35)45)31(44)37-26-14-12-24(13-15-26)22-47-33(46)39(7)19-20-40(8)34(4,5)6/h12-15,23,25,30H,9-11,16-22H2,1-8H3,(H,37,44)(H,38,43)(H3,35,36,45)/t25-,30?/m1/s1. The van der Waals surface area contributed by atoms with Crippen LogP contribution in [0.3, 0.4) is 0 Å². The zero-order valence-corrected chi connectivity index (χ0v) is 29.4. The summed E-state index contributed by atoms with van der Waals surface area (Å²) in [5, 5.41) is 8.07. The minimum atomic E-state index is -0.821. The summed E-state index contributed by atoms with van der Waals surface area (Å²) in [4.78, 5) is 78.1. The number of urea groups is 1. The number of anilines is 1. The number of rotatable bonds is 20. The van der Waals surface area contributed by atoms with Crippen LogP contribution in [0.4, 0.5) is 15.3 Å². The number of carbonyl (C=O) groups is 6. The third-order valence-corrected chi connectivity index (χ3v) is 8.01. The molecule has 0 heterocycles. The lowest BCUT2D eigenvalue weighted by atomic mass is 9.89. The number of primary amides is 1. The fraction of sp³-hybridized carbons (Fsp3) is 0.647. The second-order valence-corrected chi connectivity index (χ2v) is 13.2. The summed E-state index contributed by atoms with van der Waals surface area (Å²) in [6.07, 6.45) is 0.553. The van der Waals surface area contributed by atoms with Gasteiger partial charge in [-0.1, -0.05) is 32.9 Å². The van der Waals surface area contributed by atoms with Crippen molar-refractivity contribution in [3.63, 3.8) is 0 Å². The molecule has 0 radical (unpaired) electrons. The molecule has 1 aromatic carbocycles. The Morgan fingerprint density at radius 1 is 0.957 bits per heavy atom. The van der Waals surface area contributed by atoms with E-state index >= 15 is 0 Å². The highest BCUT2D eigenvalue weighted by Crippen LogP contribution is 2.20. The highest BCUT2D eigenvalue weighted by atomic mass is 16.6. The SMILES string of the molecule is CCC(=O)CCC(=O)NC(C(=O)C[C@@H](CCCNC(N)=O)C(=O)Nc1ccc(COC(=O)N(C)CCN(C)C(C)(C)C)cc1)C(C)C. The van der Waals surface area contributed by atoms with E-state index in [0.717, 1.165) is 5.56 Å². The van der Waals surface area contributed by atoms with Crippen LogP contribution in [0.5, 0.6) is 0 Å². The zero-order chi connectivity index (χ0) is 35.7. The maximum Gasteiger partial charge on any atom is 0.409 e. The fourth-order valence-electron chi connectivity index (χ4n) is 4.46. The summed E-state index contributed by atoms with van der Waals surface area (Å²) in [6.45, 7) is 13.2. The highest BCUT2D eigenvalue weighted by Gasteiger charge is 2.29. The molecule has 0 aromatic heterocycles. The number of nitrogens with one attached hydrogen (secondary N) is 3. The molecular formula is C34H56N6O7. The molecule has 5 amide bonds. The number of carbonyl (C=O) groups excluding carboxylic acids is 6. The lowest BCUT2D eigenvalue weighted by Crippen LogP contribution is -2.45. The van der Waals surface area contributed by atoms with Gasteiger partial charge < -0.3 is 31.3 Å². The van der Waals surface area contributed by atoms with E-state index in [9.17, 15) is 28.8 Å². The highest BCUT2D eigenvalue weighted by molar-refractivity contribution is 5.97. The molecule has 264 valence electrons. The molecule has 13 nitrogen and oxygen atoms in total. The van der Waals surface area contributed by atoms with Crippen LogP contribution in [0.2, 0.25) is 0 Å². The molecule has 47 heavy (non-hydrogen) atoms. The smallest absolute Gasteiger partial charge is 0.409 e. The van der Waals surface area contributed by atoms with Crippen LogP contribution in [0.25, 0.3) is 0 Å². The maximum absolute atomic E-state index is 13.4. The second kappa shape index (κ2) is 20.3. The first kappa shape index (κ1) is 41.0. The summed E-state index contributed by atoms with van der Waals surface area (Å²) in [6, 6.07) is 5.34. The van der Waals surface area contributed by atoms with Crippen LogP contribution in [-0.2, 0) is 30.5 Å². The van der Waals surface area contributed by atoms with E-state index in [1.807, 2.05) is 7.05 Å². The van der Waals surface area contributed by atoms with Gasteiger partial charge in [0.05, 0.1) is 6.04 Å². The first-order chi connectivity index (χ1) is 21.9. The molecule has 0 aliphatic heterocycles. The second-order valence-electron chi connectivity index (χ2n) is 13.2. The molecule has 0 aliphatic carbocycles. The molecule has 1 aromatic rings. The number of likely N-dealkylation sites (N-methyl/N-ethyl adjacent to an activating group) is 2. The van der Waals surface area contributed by atoms with Crippen LogP contribution >= 0.6 is 0 Å². The first-order valence-corrected chi connectivity index (χ1v) is 16.3. The van der Waals surface area contributed by atoms with Crippen LogP contribution in [0.1, 0.15) is 85.6 Å². The van der Waals surface area contributed by atoms with Gasteiger partial charge in [0.1, 0.15) is 12.4 Å². The predicted molar refractivity (Wildman–Crippen MR) is 182 cm³/mol. The molecular weight excluding hydrogens is 604 g/mol. The monoisotopic (exact) mass is 660 g/mol. The van der Waals surface area contributed by atoms with Gasteiger partial charge in [-0.05, 0) is 64.3 Å². The van der Waals surface area contributed by atoms with Crippen molar-refractivity contribution < 1.29 is 33.5 Å². The van der Waals surface area contributed by atoms with E-state index in [-0.39, 0.29) is 67.8 Å². The molecule has 0 aliphatic rings. The van der Waals surface area contributed by atoms with Crippen molar-refractivity contribution in [2.24, 2.45) is 17.6 Å². The molecule has 5 N–H and O–H groups in total. The minimum absolute atomic E-state index is 0.00713. The number of benzene rings is 1. The Labute approximate surface area is 279 Å². The van der Waals surface area contributed by atoms with Crippen molar-refractivity contribution in [1.82, 2.24) is 20.4 Å². The molecule has 0 spiro atoms. The maximum atomic E-state index is 13.4. The third kappa shape index (κ3) is 16.4. The summed E-state index contributed by atoms with van der Waals surface area (Å²) >= 11 is 0. The van der Waals surface area contributed by atoms with Crippen molar-refractivity contribution in [3.05, 3.63) is 29.8 Å². The van der Waals surface area contributed by atoms with Gasteiger partial charge in [0, 0.05) is 69.5 Å². The lowest BCUT2D eigenvalue weighted by molar-refractivity contribution is -0.131. The number of amides is 5. The minimum Gasteiger partial charge on any atom is -0.445 e. The Morgan fingerprint density at radius 2 is 1.60 bits per heavy atom. The summed E-state index contributed by atoms with van der Waals surface area (Å²) in [5.74, 6) is -2.10. The Kier molecular flexibility index (Phi) is 17.7. The number of ketones is 2. The van der Waals surface area contributed by atoms with E-state index in [0.29, 0.717) is 31.6 Å². The van der Waals surface area contributed by atoms with E-state index in [4.69, 9.17) is 10.5 Å². The molecule has 1 rings (SSSR count). The number of ether oxygens (including phenoxy) is 1. The van der Waals surface area contributed by atoms with Crippen LogP contribution in [0.15, 0.2) is 24.3 Å². The van der Waals surface area contributed by atoms with E-state index in [2.05, 4.69) is 41.6 Å². The van der Waals surface area contributed by atoms with Crippen LogP contribution in [0, 0.1) is 11.8 Å². The fourth-order valence-corrected chi connectivity index (χ4v) is 4.46. The molecule has 0 bridgehead atoms. The lowest BCUT2D eigenvalue weighted by Gasteiger charge is -2.33. The number of hydrogen-bond donors (Lipinski definition) is 4. The molecule has 0 fully saturated rings. The Morgan fingerprint density at radius 3 is 2.15 bits per heavy atom. The summed E-state index contributed by atoms with van der Waals surface area (Å²) in [7, 11) is 3.69. The molecule has 0 saturated heterocycles. The zero-order valence-electron chi connectivity index (χ0n) is 29.4. The average molecular weight is 661 g/mol. The van der Waals surface area contributed by atoms with Gasteiger partial charge >= 0.3 is 12.1 Å². The van der Waals surface area contributed by atoms with E-state index in [1.165, 1.54) is 4.90 Å². The van der Waals surface area contributed by atoms with Crippen molar-refractivity contribution in [3.8, 4) is 0 Å². The van der Waals surface area contributed by atoms with Crippen molar-refractivity contribution in [2.45, 2.75) is 98.3 Å². The third-order valence-electron chi connectivity index (χ3n) is 8.01. The topological polar surface area (TPSA) is 180 Å². The van der Waals surface area contributed by atoms with Crippen molar-refractivity contribution >= 4 is 41.2 Å². The van der Waals surface area contributed by atoms with Crippen molar-refractivity contribution in [2.75, 3.05) is 39.0 Å². The number of nitrogens with two attached hydrogens (primary N) is 1. The van der Waals surface area contributed by atoms with Crippen molar-refractivity contribution in [1.29, 1.82) is 0 Å². The van der Waals surface area contributed by atoms with Gasteiger partial charge in [0.2, 0.25) is 11.8 Å². The van der Waals surface area contributed by atoms with Crippen LogP contribution in [-0.4, -0.2) is 90.6 Å². The molecule has 2 atom stereocenters. The van der Waals surface area contributed by atoms with Gasteiger partial charge in [0.25, 0.3) is 0 Å². The van der Waals surface area contributed by atoms with Crippen LogP contribution < -0.4 is 21.7 Å². The normalized spacial score (nSPS) is 12.6. The molecule has 13 heteroatoms. The average Bonchev–Trinajstić information content (AvgIpc) is 3.00. The first-order valence-electron chi connectivity index (χ1n) is 16.3. The quantitative estimate of drug-likeness (QED) is 0.152. The largest absolute Gasteiger partial charge is 0.445 e. The predicted octanol–water partition coefficient (Wildman–Crippen LogP) is 3.85. The summed E-state index contributed by atoms with van der Waals surface area (Å²) in [5.41, 5.74) is 6.37.